The number of rotatable bonds is 6. The van der Waals surface area contributed by atoms with Gasteiger partial charge in [0.1, 0.15) is 5.75 Å². The Bertz CT molecular complexity index is 1200. The minimum atomic E-state index is -0.351. The predicted octanol–water partition coefficient (Wildman–Crippen LogP) is 4.20. The van der Waals surface area contributed by atoms with E-state index in [1.165, 1.54) is 0 Å². The molecule has 3 aromatic rings. The van der Waals surface area contributed by atoms with Gasteiger partial charge in [-0.2, -0.15) is 4.98 Å². The van der Waals surface area contributed by atoms with E-state index in [0.29, 0.717) is 17.6 Å². The molecule has 2 saturated heterocycles. The predicted molar refractivity (Wildman–Crippen MR) is 132 cm³/mol. The molecule has 8 nitrogen and oxygen atoms in total. The van der Waals surface area contributed by atoms with Crippen molar-refractivity contribution >= 4 is 5.91 Å². The van der Waals surface area contributed by atoms with Gasteiger partial charge in [-0.1, -0.05) is 17.3 Å². The Morgan fingerprint density at radius 2 is 1.94 bits per heavy atom. The molecule has 6 rings (SSSR count). The molecule has 1 amide bonds. The van der Waals surface area contributed by atoms with E-state index in [0.717, 1.165) is 81.5 Å². The molecule has 2 aliphatic heterocycles. The van der Waals surface area contributed by atoms with Gasteiger partial charge in [-0.25, -0.2) is 0 Å². The van der Waals surface area contributed by atoms with Crippen molar-refractivity contribution in [3.05, 3.63) is 60.2 Å². The molecule has 1 aliphatic carbocycles. The molecule has 36 heavy (non-hydrogen) atoms. The minimum absolute atomic E-state index is 0.164. The Morgan fingerprint density at radius 3 is 2.64 bits per heavy atom. The molecule has 1 aromatic carbocycles. The van der Waals surface area contributed by atoms with Gasteiger partial charge in [0.2, 0.25) is 17.6 Å². The van der Waals surface area contributed by atoms with Crippen LogP contribution in [0.5, 0.6) is 5.75 Å². The highest BCUT2D eigenvalue weighted by molar-refractivity contribution is 5.91. The van der Waals surface area contributed by atoms with E-state index in [-0.39, 0.29) is 16.9 Å². The number of pyridine rings is 1. The van der Waals surface area contributed by atoms with Crippen LogP contribution in [0.1, 0.15) is 50.0 Å². The van der Waals surface area contributed by atoms with E-state index in [2.05, 4.69) is 20.0 Å². The highest BCUT2D eigenvalue weighted by Crippen LogP contribution is 2.51. The number of aromatic nitrogens is 3. The van der Waals surface area contributed by atoms with E-state index >= 15 is 0 Å². The third kappa shape index (κ3) is 4.39. The minimum Gasteiger partial charge on any atom is -0.497 e. The van der Waals surface area contributed by atoms with Crippen LogP contribution in [0, 0.1) is 5.92 Å². The van der Waals surface area contributed by atoms with Gasteiger partial charge in [0.25, 0.3) is 0 Å². The van der Waals surface area contributed by atoms with Crippen molar-refractivity contribution in [3.63, 3.8) is 0 Å². The Balaban J connectivity index is 1.07. The second kappa shape index (κ2) is 9.32. The summed E-state index contributed by atoms with van der Waals surface area (Å²) in [5.74, 6) is 2.76. The zero-order chi connectivity index (χ0) is 24.6. The summed E-state index contributed by atoms with van der Waals surface area (Å²) in [5, 5.41) is 4.14. The summed E-state index contributed by atoms with van der Waals surface area (Å²) < 4.78 is 17.2. The average Bonchev–Trinajstić information content (AvgIpc) is 3.61. The van der Waals surface area contributed by atoms with Gasteiger partial charge >= 0.3 is 0 Å². The molecule has 0 N–H and O–H groups in total. The Hall–Kier alpha value is -3.26. The molecule has 8 heteroatoms. The number of carbonyl (C=O) groups excluding carboxylic acids is 1. The van der Waals surface area contributed by atoms with E-state index < -0.39 is 0 Å². The molecule has 0 radical (unpaired) electrons. The van der Waals surface area contributed by atoms with Crippen molar-refractivity contribution in [1.29, 1.82) is 0 Å². The summed E-state index contributed by atoms with van der Waals surface area (Å²) in [6, 6.07) is 11.8. The first-order valence-electron chi connectivity index (χ1n) is 12.9. The van der Waals surface area contributed by atoms with Crippen molar-refractivity contribution in [2.75, 3.05) is 26.8 Å². The summed E-state index contributed by atoms with van der Waals surface area (Å²) in [4.78, 5) is 24.3. The lowest BCUT2D eigenvalue weighted by atomic mass is 9.78. The van der Waals surface area contributed by atoms with Crippen molar-refractivity contribution in [3.8, 4) is 17.1 Å². The molecule has 4 heterocycles. The molecule has 0 bridgehead atoms. The molecule has 1 unspecified atom stereocenters. The largest absolute Gasteiger partial charge is 0.497 e. The van der Waals surface area contributed by atoms with Crippen LogP contribution in [-0.2, 0) is 21.4 Å². The standard InChI is InChI=1S/C28H32N4O4/c1-34-23-6-4-22(5-7-23)28(9-10-28)26(33)32-14-11-27(12-15-32)18-20(8-16-35-27)17-24-30-25(31-36-24)21-3-2-13-29-19-21/h2-7,13,19-20H,8-12,14-18H2,1H3. The lowest BCUT2D eigenvalue weighted by molar-refractivity contribution is -0.149. The molecule has 1 atom stereocenters. The number of likely N-dealkylation sites (tertiary alicyclic amines) is 1. The quantitative estimate of drug-likeness (QED) is 0.514. The zero-order valence-electron chi connectivity index (χ0n) is 20.7. The lowest BCUT2D eigenvalue weighted by Gasteiger charge is -2.46. The topological polar surface area (TPSA) is 90.6 Å². The first-order chi connectivity index (χ1) is 17.6. The number of piperidine rings is 1. The third-order valence-electron chi connectivity index (χ3n) is 8.21. The van der Waals surface area contributed by atoms with Crippen LogP contribution in [0.2, 0.25) is 0 Å². The molecule has 188 valence electrons. The molecule has 3 fully saturated rings. The van der Waals surface area contributed by atoms with Crippen LogP contribution < -0.4 is 4.74 Å². The van der Waals surface area contributed by atoms with Crippen molar-refractivity contribution in [2.24, 2.45) is 5.92 Å². The SMILES string of the molecule is COc1ccc(C2(C(=O)N3CCC4(CC3)CC(Cc3nc(-c5cccnc5)no3)CCO4)CC2)cc1. The number of amides is 1. The summed E-state index contributed by atoms with van der Waals surface area (Å²) in [6.07, 6.45) is 9.76. The molecule has 2 aromatic heterocycles. The number of hydrogen-bond acceptors (Lipinski definition) is 7. The van der Waals surface area contributed by atoms with Crippen LogP contribution in [0.4, 0.5) is 0 Å². The average molecular weight is 489 g/mol. The van der Waals surface area contributed by atoms with Crippen LogP contribution in [0.15, 0.2) is 53.3 Å². The maximum absolute atomic E-state index is 13.6. The second-order valence-electron chi connectivity index (χ2n) is 10.5. The van der Waals surface area contributed by atoms with Gasteiger partial charge in [0.15, 0.2) is 0 Å². The maximum atomic E-state index is 13.6. The second-order valence-corrected chi connectivity index (χ2v) is 10.5. The summed E-state index contributed by atoms with van der Waals surface area (Å²) in [6.45, 7) is 2.22. The normalized spacial score (nSPS) is 22.4. The van der Waals surface area contributed by atoms with Crippen molar-refractivity contribution in [2.45, 2.75) is 56.0 Å². The Labute approximate surface area is 211 Å². The van der Waals surface area contributed by atoms with Crippen LogP contribution in [0.3, 0.4) is 0 Å². The molecular weight excluding hydrogens is 456 g/mol. The van der Waals surface area contributed by atoms with Gasteiger partial charge in [-0.15, -0.1) is 0 Å². The van der Waals surface area contributed by atoms with Crippen molar-refractivity contribution < 1.29 is 18.8 Å². The number of benzene rings is 1. The first-order valence-corrected chi connectivity index (χ1v) is 12.9. The molecular formula is C28H32N4O4. The number of nitrogens with zero attached hydrogens (tertiary/aromatic N) is 4. The number of hydrogen-bond donors (Lipinski definition) is 0. The fourth-order valence-corrected chi connectivity index (χ4v) is 5.93. The summed E-state index contributed by atoms with van der Waals surface area (Å²) >= 11 is 0. The lowest BCUT2D eigenvalue weighted by Crippen LogP contribution is -2.52. The monoisotopic (exact) mass is 488 g/mol. The molecule has 1 spiro atoms. The molecule has 1 saturated carbocycles. The van der Waals surface area contributed by atoms with Gasteiger partial charge in [0.05, 0.1) is 18.1 Å². The van der Waals surface area contributed by atoms with E-state index in [9.17, 15) is 4.79 Å². The first kappa shape index (κ1) is 23.2. The van der Waals surface area contributed by atoms with Crippen LogP contribution in [0.25, 0.3) is 11.4 Å². The fourth-order valence-electron chi connectivity index (χ4n) is 5.93. The van der Waals surface area contributed by atoms with E-state index in [4.69, 9.17) is 14.0 Å². The highest BCUT2D eigenvalue weighted by atomic mass is 16.5. The van der Waals surface area contributed by atoms with E-state index in [1.807, 2.05) is 36.4 Å². The van der Waals surface area contributed by atoms with E-state index in [1.54, 1.807) is 19.5 Å². The Kier molecular flexibility index (Phi) is 5.99. The smallest absolute Gasteiger partial charge is 0.233 e. The van der Waals surface area contributed by atoms with Crippen LogP contribution in [-0.4, -0.2) is 58.3 Å². The summed E-state index contributed by atoms with van der Waals surface area (Å²) in [5.41, 5.74) is 1.45. The Morgan fingerprint density at radius 1 is 1.14 bits per heavy atom. The number of carbonyl (C=O) groups is 1. The van der Waals surface area contributed by atoms with Gasteiger partial charge < -0.3 is 18.9 Å². The van der Waals surface area contributed by atoms with Gasteiger partial charge in [0, 0.05) is 44.1 Å². The summed E-state index contributed by atoms with van der Waals surface area (Å²) in [7, 11) is 1.66. The maximum Gasteiger partial charge on any atom is 0.233 e. The molecule has 3 aliphatic rings. The van der Waals surface area contributed by atoms with Crippen molar-refractivity contribution in [1.82, 2.24) is 20.0 Å². The zero-order valence-corrected chi connectivity index (χ0v) is 20.7. The fraction of sp³-hybridized carbons (Fsp3) is 0.500. The number of ether oxygens (including phenoxy) is 2. The highest BCUT2D eigenvalue weighted by Gasteiger charge is 2.54. The number of methoxy groups -OCH3 is 1. The third-order valence-corrected chi connectivity index (χ3v) is 8.21. The van der Waals surface area contributed by atoms with Gasteiger partial charge in [-0.05, 0) is 74.3 Å². The van der Waals surface area contributed by atoms with Gasteiger partial charge in [-0.3, -0.25) is 9.78 Å². The van der Waals surface area contributed by atoms with Crippen LogP contribution >= 0.6 is 0 Å².